The van der Waals surface area contributed by atoms with Gasteiger partial charge in [0.2, 0.25) is 0 Å². The Morgan fingerprint density at radius 3 is 2.33 bits per heavy atom. The molecule has 238 valence electrons. The van der Waals surface area contributed by atoms with E-state index < -0.39 is 44.7 Å². The number of aliphatic carboxylic acids is 1. The van der Waals surface area contributed by atoms with Gasteiger partial charge in [-0.05, 0) is 0 Å². The van der Waals surface area contributed by atoms with E-state index in [0.717, 1.165) is 36.9 Å². The molecule has 1 aliphatic rings. The number of hydrogen-bond donors (Lipinski definition) is 1. The van der Waals surface area contributed by atoms with Crippen LogP contribution in [0, 0.1) is 17.2 Å². The molecule has 0 saturated carbocycles. The summed E-state index contributed by atoms with van der Waals surface area (Å²) in [4.78, 5) is 20.5. The predicted molar refractivity (Wildman–Crippen MR) is 171 cm³/mol. The molecule has 0 bridgehead atoms. The Labute approximate surface area is 273 Å². The van der Waals surface area contributed by atoms with Gasteiger partial charge >= 0.3 is 275 Å². The van der Waals surface area contributed by atoms with E-state index in [1.54, 1.807) is 19.9 Å². The maximum absolute atomic E-state index is 13.7. The average molecular weight is 734 g/mol. The van der Waals surface area contributed by atoms with Crippen LogP contribution in [0.1, 0.15) is 57.5 Å². The summed E-state index contributed by atoms with van der Waals surface area (Å²) in [7, 11) is 0. The van der Waals surface area contributed by atoms with Crippen LogP contribution in [0.4, 0.5) is 17.6 Å². The van der Waals surface area contributed by atoms with Crippen LogP contribution in [0.25, 0.3) is 22.0 Å². The molecule has 5 nitrogen and oxygen atoms in total. The summed E-state index contributed by atoms with van der Waals surface area (Å²) >= 11 is -3.01. The first-order chi connectivity index (χ1) is 21.7. The molecule has 2 aromatic heterocycles. The van der Waals surface area contributed by atoms with Gasteiger partial charge in [-0.3, -0.25) is 0 Å². The van der Waals surface area contributed by atoms with Crippen molar-refractivity contribution in [3.05, 3.63) is 114 Å². The molecule has 1 N–H and O–H groups in total. The summed E-state index contributed by atoms with van der Waals surface area (Å²) in [5.74, 6) is -0.815. The summed E-state index contributed by atoms with van der Waals surface area (Å²) in [5, 5.41) is 10.7. The van der Waals surface area contributed by atoms with Gasteiger partial charge < -0.3 is 0 Å². The number of pyridine rings is 2. The minimum absolute atomic E-state index is 0.233. The zero-order valence-electron chi connectivity index (χ0n) is 26.2. The zero-order valence-corrected chi connectivity index (χ0v) is 29.5. The molecule has 0 fully saturated rings. The fourth-order valence-electron chi connectivity index (χ4n) is 5.72. The number of alkyl halides is 3. The fraction of sp³-hybridized carbons (Fsp3) is 0.306. The Bertz CT molecular complexity index is 1800. The molecular formula is C36H35F4InN2O3. The molecule has 1 aliphatic heterocycles. The molecular weight excluding hydrogens is 699 g/mol. The zero-order chi connectivity index (χ0) is 33.2. The molecule has 0 amide bonds. The Hall–Kier alpha value is -3.66. The number of halogens is 4. The second-order valence-corrected chi connectivity index (χ2v) is 20.8. The van der Waals surface area contributed by atoms with Gasteiger partial charge in [0.25, 0.3) is 0 Å². The summed E-state index contributed by atoms with van der Waals surface area (Å²) in [5.41, 5.74) is 3.06. The molecule has 0 radical (unpaired) electrons. The van der Waals surface area contributed by atoms with Crippen LogP contribution in [-0.4, -0.2) is 42.5 Å². The van der Waals surface area contributed by atoms with Crippen molar-refractivity contribution < 1.29 is 32.2 Å². The third-order valence-corrected chi connectivity index (χ3v) is 17.7. The normalized spacial score (nSPS) is 13.9. The summed E-state index contributed by atoms with van der Waals surface area (Å²) < 4.78 is 62.0. The van der Waals surface area contributed by atoms with Gasteiger partial charge in [-0.2, -0.15) is 0 Å². The SMILES string of the molecule is CC(C)CC1=[C](CC(C)(C)C(=O)O)[In]([CH2]c2ccc(-c3ccc(C(F)(F)F)nc3)cc2)[C](OCc2ccc3cc(F)ccc3n2)=C1. The number of allylic oxidation sites excluding steroid dienone is 3. The van der Waals surface area contributed by atoms with E-state index in [-0.39, 0.29) is 12.4 Å². The molecule has 0 saturated heterocycles. The van der Waals surface area contributed by atoms with E-state index in [1.165, 1.54) is 27.7 Å². The number of carbonyl (C=O) groups is 1. The quantitative estimate of drug-likeness (QED) is 0.156. The van der Waals surface area contributed by atoms with Crippen molar-refractivity contribution in [3.8, 4) is 11.1 Å². The van der Waals surface area contributed by atoms with Crippen LogP contribution < -0.4 is 0 Å². The Kier molecular flexibility index (Phi) is 9.96. The number of hydrogen-bond acceptors (Lipinski definition) is 4. The van der Waals surface area contributed by atoms with Gasteiger partial charge in [0.05, 0.1) is 0 Å². The Balaban J connectivity index is 1.43. The Morgan fingerprint density at radius 2 is 1.70 bits per heavy atom. The first-order valence-corrected chi connectivity index (χ1v) is 20.8. The topological polar surface area (TPSA) is 72.3 Å². The van der Waals surface area contributed by atoms with E-state index in [4.69, 9.17) is 4.74 Å². The van der Waals surface area contributed by atoms with E-state index in [2.05, 4.69) is 29.9 Å². The van der Waals surface area contributed by atoms with Crippen molar-refractivity contribution >= 4 is 38.3 Å². The van der Waals surface area contributed by atoms with Crippen molar-refractivity contribution in [2.75, 3.05) is 0 Å². The van der Waals surface area contributed by atoms with E-state index in [1.807, 2.05) is 36.4 Å². The molecule has 0 spiro atoms. The number of rotatable bonds is 11. The molecule has 0 aliphatic carbocycles. The molecule has 0 atom stereocenters. The summed E-state index contributed by atoms with van der Waals surface area (Å²) in [6.07, 6.45) is 0.108. The number of fused-ring (bicyclic) bond motifs is 1. The van der Waals surface area contributed by atoms with Crippen molar-refractivity contribution in [2.24, 2.45) is 11.3 Å². The van der Waals surface area contributed by atoms with Crippen LogP contribution in [-0.2, 0) is 26.5 Å². The van der Waals surface area contributed by atoms with Gasteiger partial charge in [-0.1, -0.05) is 0 Å². The first kappa shape index (κ1) is 33.7. The number of carboxylic acids is 1. The Morgan fingerprint density at radius 1 is 0.978 bits per heavy atom. The van der Waals surface area contributed by atoms with E-state index in [9.17, 15) is 27.5 Å². The number of benzene rings is 2. The third-order valence-electron chi connectivity index (χ3n) is 8.21. The van der Waals surface area contributed by atoms with Crippen molar-refractivity contribution in [1.82, 2.24) is 9.97 Å². The van der Waals surface area contributed by atoms with Crippen LogP contribution in [0.15, 0.2) is 91.4 Å². The van der Waals surface area contributed by atoms with Gasteiger partial charge in [-0.15, -0.1) is 0 Å². The summed E-state index contributed by atoms with van der Waals surface area (Å²) in [6, 6.07) is 18.2. The monoisotopic (exact) mass is 734 g/mol. The van der Waals surface area contributed by atoms with Gasteiger partial charge in [0, 0.05) is 0 Å². The van der Waals surface area contributed by atoms with Crippen LogP contribution >= 0.6 is 0 Å². The predicted octanol–water partition coefficient (Wildman–Crippen LogP) is 9.07. The average Bonchev–Trinajstić information content (AvgIpc) is 3.29. The van der Waals surface area contributed by atoms with Gasteiger partial charge in [-0.25, -0.2) is 0 Å². The molecule has 0 unspecified atom stereocenters. The number of nitrogens with zero attached hydrogens (tertiary/aromatic N) is 2. The molecule has 3 heterocycles. The first-order valence-electron chi connectivity index (χ1n) is 15.2. The standard InChI is InChI=1S/C23H26FNO3.C13H9F3N.In/c1-16(2)13-17(9-11-23(3,4)22(26)27)10-12-28-15-20-7-5-18-14-19(24)6-8-21(18)25-20;1-9-2-4-10(5-3-9)11-6-7-12(17-8-11)13(14,15)16;/h5-8,10,14,16H,11,13,15H2,1-4H3,(H,26,27);2-8H,1H2;. The summed E-state index contributed by atoms with van der Waals surface area (Å²) in [6.45, 7) is 8.02. The molecule has 2 aromatic carbocycles. The van der Waals surface area contributed by atoms with Crippen molar-refractivity contribution in [1.29, 1.82) is 0 Å². The fourth-order valence-corrected chi connectivity index (χ4v) is 16.1. The third kappa shape index (κ3) is 8.00. The van der Waals surface area contributed by atoms with Crippen molar-refractivity contribution in [3.63, 3.8) is 0 Å². The van der Waals surface area contributed by atoms with Gasteiger partial charge in [0.15, 0.2) is 0 Å². The minimum atomic E-state index is -4.50. The van der Waals surface area contributed by atoms with Crippen LogP contribution in [0.2, 0.25) is 0 Å². The second kappa shape index (κ2) is 13.6. The van der Waals surface area contributed by atoms with Crippen LogP contribution in [0.5, 0.6) is 0 Å². The number of ether oxygens (including phenoxy) is 1. The number of aromatic nitrogens is 2. The van der Waals surface area contributed by atoms with E-state index in [0.29, 0.717) is 34.5 Å². The maximum atomic E-state index is 13.7. The van der Waals surface area contributed by atoms with Gasteiger partial charge in [0.1, 0.15) is 0 Å². The van der Waals surface area contributed by atoms with Crippen LogP contribution in [0.3, 0.4) is 0 Å². The molecule has 5 rings (SSSR count). The number of carboxylic acid groups (broad SMARTS) is 1. The molecule has 46 heavy (non-hydrogen) atoms. The van der Waals surface area contributed by atoms with E-state index >= 15 is 0 Å². The second-order valence-electron chi connectivity index (χ2n) is 12.9. The molecule has 4 aromatic rings. The van der Waals surface area contributed by atoms with Crippen molar-refractivity contribution in [2.45, 2.75) is 57.5 Å². The molecule has 10 heteroatoms.